The minimum Gasteiger partial charge on any atom is -0.492 e. The predicted octanol–water partition coefficient (Wildman–Crippen LogP) is 5.70. The lowest BCUT2D eigenvalue weighted by Crippen LogP contribution is -2.34. The van der Waals surface area contributed by atoms with Crippen molar-refractivity contribution in [3.8, 4) is 5.75 Å². The number of hydrogen-bond donors (Lipinski definition) is 1. The van der Waals surface area contributed by atoms with Crippen LogP contribution in [0.4, 0.5) is 4.79 Å². The third kappa shape index (κ3) is 13.0. The van der Waals surface area contributed by atoms with Gasteiger partial charge in [-0.25, -0.2) is 4.79 Å². The zero-order valence-electron chi connectivity index (χ0n) is 24.6. The molecule has 202 valence electrons. The van der Waals surface area contributed by atoms with Gasteiger partial charge in [-0.3, -0.25) is 0 Å². The largest absolute Gasteiger partial charge is 0.492 e. The Balaban J connectivity index is 3.12. The molecule has 6 nitrogen and oxygen atoms in total. The first-order valence-corrected chi connectivity index (χ1v) is 15.2. The maximum Gasteiger partial charge on any atom is 0.407 e. The van der Waals surface area contributed by atoms with Gasteiger partial charge in [0.25, 0.3) is 0 Å². The highest BCUT2D eigenvalue weighted by atomic mass is 28.2. The number of hydrogen-bond acceptors (Lipinski definition) is 5. The number of carbonyl (C=O) groups is 1. The van der Waals surface area contributed by atoms with Crippen molar-refractivity contribution in [2.75, 3.05) is 13.2 Å². The summed E-state index contributed by atoms with van der Waals surface area (Å²) in [6, 6.07) is 6.29. The Hall–Kier alpha value is -1.36. The maximum atomic E-state index is 11.9. The van der Waals surface area contributed by atoms with Crippen molar-refractivity contribution >= 4 is 25.6 Å². The Bertz CT molecular complexity index is 785. The van der Waals surface area contributed by atoms with E-state index in [0.29, 0.717) is 13.2 Å². The van der Waals surface area contributed by atoms with Gasteiger partial charge in [-0.05, 0) is 87.9 Å². The van der Waals surface area contributed by atoms with Crippen molar-refractivity contribution in [1.29, 1.82) is 0 Å². The standard InChI is InChI=1S/C27H51NO5Si2/c1-23(2,3)31-22(29)28-14-15-30-21-17-19(26(10,11)32-34-24(4,5)6)16-20(18-21)27(12,13)33-35-25(7,8)9/h16-18H,14-15,34-35H2,1-13H3,(H,28,29). The average Bonchev–Trinajstić information content (AvgIpc) is 2.66. The number of amides is 1. The van der Waals surface area contributed by atoms with Gasteiger partial charge < -0.3 is 23.6 Å². The van der Waals surface area contributed by atoms with E-state index in [9.17, 15) is 4.79 Å². The maximum absolute atomic E-state index is 11.9. The molecule has 1 aromatic carbocycles. The number of ether oxygens (including phenoxy) is 2. The van der Waals surface area contributed by atoms with Crippen LogP contribution in [0.3, 0.4) is 0 Å². The van der Waals surface area contributed by atoms with Crippen molar-refractivity contribution in [2.45, 2.75) is 117 Å². The molecule has 1 amide bonds. The van der Waals surface area contributed by atoms with Crippen LogP contribution in [0.5, 0.6) is 5.75 Å². The third-order valence-electron chi connectivity index (χ3n) is 5.07. The van der Waals surface area contributed by atoms with Crippen LogP contribution in [0.1, 0.15) is 101 Å². The van der Waals surface area contributed by atoms with E-state index in [-0.39, 0.29) is 10.1 Å². The van der Waals surface area contributed by atoms with Crippen LogP contribution < -0.4 is 10.1 Å². The first-order valence-electron chi connectivity index (χ1n) is 12.6. The molecule has 0 radical (unpaired) electrons. The van der Waals surface area contributed by atoms with Crippen molar-refractivity contribution < 1.29 is 23.1 Å². The molecule has 0 aromatic heterocycles. The van der Waals surface area contributed by atoms with Gasteiger partial charge in [-0.2, -0.15) is 0 Å². The number of rotatable bonds is 10. The van der Waals surface area contributed by atoms with Gasteiger partial charge in [0, 0.05) is 0 Å². The molecule has 0 heterocycles. The molecule has 0 fully saturated rings. The summed E-state index contributed by atoms with van der Waals surface area (Å²) in [7, 11) is -1.51. The van der Waals surface area contributed by atoms with Gasteiger partial charge in [0.15, 0.2) is 19.5 Å². The Morgan fingerprint density at radius 1 is 0.743 bits per heavy atom. The molecule has 0 bridgehead atoms. The Morgan fingerprint density at radius 3 is 1.54 bits per heavy atom. The lowest BCUT2D eigenvalue weighted by Gasteiger charge is -2.34. The second-order valence-corrected chi connectivity index (χ2v) is 19.1. The minimum atomic E-state index is -0.755. The Morgan fingerprint density at radius 2 is 1.17 bits per heavy atom. The fourth-order valence-corrected chi connectivity index (χ4v) is 4.90. The number of nitrogens with one attached hydrogen (secondary N) is 1. The zero-order chi connectivity index (χ0) is 27.3. The van der Waals surface area contributed by atoms with Crippen LogP contribution in [-0.2, 0) is 24.8 Å². The molecule has 1 aromatic rings. The van der Waals surface area contributed by atoms with Crippen LogP contribution in [0.15, 0.2) is 18.2 Å². The number of alkyl carbamates (subject to hydrolysis) is 1. The van der Waals surface area contributed by atoms with Gasteiger partial charge in [0.1, 0.15) is 18.0 Å². The SMILES string of the molecule is CC(C)(C)OC(=O)NCCOc1cc(C(C)(C)O[SiH2]C(C)(C)C)cc(C(C)(C)O[SiH2]C(C)(C)C)c1. The molecule has 0 aliphatic heterocycles. The molecule has 0 aliphatic carbocycles. The van der Waals surface area contributed by atoms with Crippen LogP contribution >= 0.6 is 0 Å². The summed E-state index contributed by atoms with van der Waals surface area (Å²) in [4.78, 5) is 11.9. The molecular weight excluding hydrogens is 474 g/mol. The van der Waals surface area contributed by atoms with Crippen LogP contribution in [-0.4, -0.2) is 44.4 Å². The van der Waals surface area contributed by atoms with E-state index >= 15 is 0 Å². The third-order valence-corrected chi connectivity index (χ3v) is 8.53. The van der Waals surface area contributed by atoms with Gasteiger partial charge in [-0.15, -0.1) is 0 Å². The van der Waals surface area contributed by atoms with Crippen molar-refractivity contribution in [1.82, 2.24) is 5.32 Å². The smallest absolute Gasteiger partial charge is 0.407 e. The van der Waals surface area contributed by atoms with E-state index in [2.05, 4.69) is 80.6 Å². The summed E-state index contributed by atoms with van der Waals surface area (Å²) >= 11 is 0. The van der Waals surface area contributed by atoms with Gasteiger partial charge in [-0.1, -0.05) is 41.5 Å². The summed E-state index contributed by atoms with van der Waals surface area (Å²) in [5.74, 6) is 0.742. The van der Waals surface area contributed by atoms with Crippen molar-refractivity contribution in [3.05, 3.63) is 29.3 Å². The molecule has 1 N–H and O–H groups in total. The second kappa shape index (κ2) is 11.8. The fourth-order valence-electron chi connectivity index (χ4n) is 2.97. The molecule has 1 rings (SSSR count). The highest BCUT2D eigenvalue weighted by Gasteiger charge is 2.30. The zero-order valence-corrected chi connectivity index (χ0v) is 27.4. The lowest BCUT2D eigenvalue weighted by molar-refractivity contribution is 0.0520. The highest BCUT2D eigenvalue weighted by Crippen LogP contribution is 2.37. The highest BCUT2D eigenvalue weighted by molar-refractivity contribution is 6.32. The van der Waals surface area contributed by atoms with E-state index in [0.717, 1.165) is 16.9 Å². The molecule has 0 spiro atoms. The molecule has 0 unspecified atom stereocenters. The van der Waals surface area contributed by atoms with E-state index in [1.807, 2.05) is 32.9 Å². The van der Waals surface area contributed by atoms with Crippen molar-refractivity contribution in [2.24, 2.45) is 0 Å². The molecule has 0 saturated carbocycles. The summed E-state index contributed by atoms with van der Waals surface area (Å²) < 4.78 is 24.4. The topological polar surface area (TPSA) is 66.0 Å². The molecular formula is C27H51NO5Si2. The Labute approximate surface area is 219 Å². The first-order chi connectivity index (χ1) is 15.6. The van der Waals surface area contributed by atoms with E-state index in [1.54, 1.807) is 0 Å². The quantitative estimate of drug-likeness (QED) is 0.314. The summed E-state index contributed by atoms with van der Waals surface area (Å²) in [5.41, 5.74) is 0.713. The second-order valence-electron chi connectivity index (χ2n) is 13.7. The molecule has 0 saturated heterocycles. The van der Waals surface area contributed by atoms with Gasteiger partial charge in [0.2, 0.25) is 0 Å². The van der Waals surface area contributed by atoms with Crippen LogP contribution in [0.2, 0.25) is 10.1 Å². The molecule has 0 atom stereocenters. The van der Waals surface area contributed by atoms with E-state index in [1.165, 1.54) is 0 Å². The summed E-state index contributed by atoms with van der Waals surface area (Å²) in [6.45, 7) is 28.1. The molecule has 0 aliphatic rings. The first kappa shape index (κ1) is 31.7. The normalized spacial score (nSPS) is 14.2. The monoisotopic (exact) mass is 525 g/mol. The number of carbonyl (C=O) groups excluding carboxylic acids is 1. The van der Waals surface area contributed by atoms with Gasteiger partial charge in [0.05, 0.1) is 17.7 Å². The fraction of sp³-hybridized carbons (Fsp3) is 0.741. The van der Waals surface area contributed by atoms with E-state index < -0.39 is 42.4 Å². The predicted molar refractivity (Wildman–Crippen MR) is 151 cm³/mol. The van der Waals surface area contributed by atoms with Gasteiger partial charge >= 0.3 is 6.09 Å². The van der Waals surface area contributed by atoms with Crippen LogP contribution in [0.25, 0.3) is 0 Å². The summed E-state index contributed by atoms with van der Waals surface area (Å²) in [6.07, 6.45) is -0.445. The summed E-state index contributed by atoms with van der Waals surface area (Å²) in [5, 5.41) is 3.14. The molecule has 8 heteroatoms. The van der Waals surface area contributed by atoms with Crippen LogP contribution in [0, 0.1) is 0 Å². The minimum absolute atomic E-state index is 0.197. The number of benzene rings is 1. The lowest BCUT2D eigenvalue weighted by atomic mass is 9.90. The molecule has 35 heavy (non-hydrogen) atoms. The average molecular weight is 526 g/mol. The van der Waals surface area contributed by atoms with Crippen molar-refractivity contribution in [3.63, 3.8) is 0 Å². The Kier molecular flexibility index (Phi) is 10.7. The van der Waals surface area contributed by atoms with E-state index in [4.69, 9.17) is 18.3 Å².